The zero-order valence-corrected chi connectivity index (χ0v) is 18.8. The van der Waals surface area contributed by atoms with Gasteiger partial charge in [-0.3, -0.25) is 4.79 Å². The van der Waals surface area contributed by atoms with Crippen LogP contribution in [-0.2, 0) is 13.0 Å². The van der Waals surface area contributed by atoms with Gasteiger partial charge in [0.15, 0.2) is 0 Å². The van der Waals surface area contributed by atoms with Crippen LogP contribution in [0, 0.1) is 0 Å². The van der Waals surface area contributed by atoms with Crippen molar-refractivity contribution >= 4 is 51.4 Å². The summed E-state index contributed by atoms with van der Waals surface area (Å²) >= 11 is 15.4. The number of hydrogen-bond donors (Lipinski definition) is 0. The van der Waals surface area contributed by atoms with Gasteiger partial charge in [-0.15, -0.1) is 11.3 Å². The summed E-state index contributed by atoms with van der Waals surface area (Å²) in [5.74, 6) is 0. The van der Waals surface area contributed by atoms with Crippen LogP contribution in [0.25, 0.3) is 0 Å². The van der Waals surface area contributed by atoms with Gasteiger partial charge in [-0.25, -0.2) is 4.98 Å². The summed E-state index contributed by atoms with van der Waals surface area (Å²) in [5.41, 5.74) is 2.06. The summed E-state index contributed by atoms with van der Waals surface area (Å²) in [6.07, 6.45) is 9.79. The number of unbranched alkanes of at least 4 members (excludes halogenated alkanes) is 2. The van der Waals surface area contributed by atoms with Crippen molar-refractivity contribution in [3.05, 3.63) is 74.4 Å². The van der Waals surface area contributed by atoms with E-state index in [1.54, 1.807) is 18.6 Å². The Bertz CT molecular complexity index is 909. The van der Waals surface area contributed by atoms with Gasteiger partial charge in [0, 0.05) is 29.0 Å². The molecule has 1 atom stereocenters. The molecule has 1 aromatic carbocycles. The monoisotopic (exact) mass is 452 g/mol. The highest BCUT2D eigenvalue weighted by Gasteiger charge is 2.23. The molecule has 0 saturated heterocycles. The Morgan fingerprint density at radius 2 is 2.14 bits per heavy atom. The average Bonchev–Trinajstić information content (AvgIpc) is 3.33. The first-order chi connectivity index (χ1) is 13.6. The fraction of sp³-hybridized carbons (Fsp3) is 0.333. The molecular weight excluding hydrogens is 431 g/mol. The molecule has 0 bridgehead atoms. The van der Waals surface area contributed by atoms with E-state index in [1.165, 1.54) is 35.9 Å². The molecule has 0 amide bonds. The summed E-state index contributed by atoms with van der Waals surface area (Å²) in [6, 6.07) is 7.53. The van der Waals surface area contributed by atoms with Gasteiger partial charge < -0.3 is 4.57 Å². The molecule has 28 heavy (non-hydrogen) atoms. The Morgan fingerprint density at radius 3 is 2.86 bits per heavy atom. The Kier molecular flexibility index (Phi) is 8.03. The average molecular weight is 453 g/mol. The number of benzene rings is 1. The number of carbonyl (C=O) groups is 1. The second-order valence-corrected chi connectivity index (χ2v) is 9.49. The summed E-state index contributed by atoms with van der Waals surface area (Å²) in [5, 5.41) is 3.14. The minimum absolute atomic E-state index is 0.0950. The van der Waals surface area contributed by atoms with Gasteiger partial charge in [0.25, 0.3) is 0 Å². The van der Waals surface area contributed by atoms with E-state index in [9.17, 15) is 4.79 Å². The molecule has 3 rings (SSSR count). The minimum Gasteiger partial charge on any atom is -0.336 e. The number of aryl methyl sites for hydroxylation is 1. The molecule has 7 heteroatoms. The number of thiophene rings is 1. The number of nitrogens with zero attached hydrogens (tertiary/aromatic N) is 2. The molecule has 3 nitrogen and oxygen atoms in total. The van der Waals surface area contributed by atoms with E-state index in [0.29, 0.717) is 16.6 Å². The molecule has 1 unspecified atom stereocenters. The first-order valence-corrected chi connectivity index (χ1v) is 11.8. The van der Waals surface area contributed by atoms with Gasteiger partial charge in [0.2, 0.25) is 5.12 Å². The molecule has 3 aromatic rings. The second kappa shape index (κ2) is 10.5. The smallest absolute Gasteiger partial charge is 0.230 e. The quantitative estimate of drug-likeness (QED) is 0.319. The third-order valence-electron chi connectivity index (χ3n) is 4.48. The summed E-state index contributed by atoms with van der Waals surface area (Å²) in [7, 11) is 0. The van der Waals surface area contributed by atoms with Gasteiger partial charge >= 0.3 is 0 Å². The van der Waals surface area contributed by atoms with Crippen LogP contribution in [0.2, 0.25) is 10.0 Å². The Labute approximate surface area is 184 Å². The molecule has 0 fully saturated rings. The third kappa shape index (κ3) is 5.63. The fourth-order valence-electron chi connectivity index (χ4n) is 3.01. The topological polar surface area (TPSA) is 34.9 Å². The van der Waals surface area contributed by atoms with Crippen molar-refractivity contribution in [2.75, 3.05) is 0 Å². The molecule has 0 aliphatic heterocycles. The van der Waals surface area contributed by atoms with Crippen LogP contribution in [0.5, 0.6) is 0 Å². The number of hydrogen-bond acceptors (Lipinski definition) is 4. The van der Waals surface area contributed by atoms with Crippen LogP contribution < -0.4 is 0 Å². The maximum absolute atomic E-state index is 13.1. The van der Waals surface area contributed by atoms with E-state index in [4.69, 9.17) is 23.2 Å². The predicted octanol–water partition coefficient (Wildman–Crippen LogP) is 7.30. The standard InChI is InChI=1S/C21H22Cl2N2OS2/c1-2-3-4-5-15-8-11-27-20(15)21(26)28-19(13-25-10-9-24-14-25)17-7-6-16(22)12-18(17)23/h6-12,14,19H,2-5,13H2,1H3. The highest BCUT2D eigenvalue weighted by molar-refractivity contribution is 8.14. The lowest BCUT2D eigenvalue weighted by molar-refractivity contribution is 0.109. The zero-order valence-electron chi connectivity index (χ0n) is 15.6. The zero-order chi connectivity index (χ0) is 19.9. The first-order valence-electron chi connectivity index (χ1n) is 9.26. The van der Waals surface area contributed by atoms with Crippen molar-refractivity contribution in [1.29, 1.82) is 0 Å². The minimum atomic E-state index is -0.128. The van der Waals surface area contributed by atoms with E-state index in [0.717, 1.165) is 28.8 Å². The van der Waals surface area contributed by atoms with Crippen LogP contribution in [0.3, 0.4) is 0 Å². The lowest BCUT2D eigenvalue weighted by atomic mass is 10.1. The van der Waals surface area contributed by atoms with Crippen molar-refractivity contribution in [2.45, 2.75) is 44.4 Å². The molecule has 148 valence electrons. The van der Waals surface area contributed by atoms with E-state index < -0.39 is 0 Å². The van der Waals surface area contributed by atoms with Gasteiger partial charge in [0.1, 0.15) is 0 Å². The number of halogens is 2. The van der Waals surface area contributed by atoms with E-state index in [-0.39, 0.29) is 10.4 Å². The lowest BCUT2D eigenvalue weighted by Gasteiger charge is -2.18. The van der Waals surface area contributed by atoms with Crippen LogP contribution in [0.4, 0.5) is 0 Å². The van der Waals surface area contributed by atoms with Gasteiger partial charge in [0.05, 0.1) is 16.5 Å². The molecule has 0 saturated carbocycles. The maximum atomic E-state index is 13.1. The van der Waals surface area contributed by atoms with Crippen LogP contribution in [-0.4, -0.2) is 14.7 Å². The van der Waals surface area contributed by atoms with Crippen LogP contribution >= 0.6 is 46.3 Å². The number of carbonyl (C=O) groups excluding carboxylic acids is 1. The molecule has 2 heterocycles. The number of rotatable bonds is 9. The Morgan fingerprint density at radius 1 is 1.29 bits per heavy atom. The van der Waals surface area contributed by atoms with Gasteiger partial charge in [-0.2, -0.15) is 0 Å². The largest absolute Gasteiger partial charge is 0.336 e. The normalized spacial score (nSPS) is 12.2. The fourth-order valence-corrected chi connectivity index (χ4v) is 5.76. The Hall–Kier alpha value is -1.27. The van der Waals surface area contributed by atoms with E-state index in [2.05, 4.69) is 18.0 Å². The second-order valence-electron chi connectivity index (χ2n) is 6.55. The van der Waals surface area contributed by atoms with Crippen molar-refractivity contribution in [1.82, 2.24) is 9.55 Å². The maximum Gasteiger partial charge on any atom is 0.230 e. The number of imidazole rings is 1. The summed E-state index contributed by atoms with van der Waals surface area (Å²) < 4.78 is 1.96. The molecule has 0 N–H and O–H groups in total. The van der Waals surface area contributed by atoms with Crippen molar-refractivity contribution in [3.8, 4) is 0 Å². The molecule has 0 aliphatic rings. The van der Waals surface area contributed by atoms with Crippen LogP contribution in [0.1, 0.15) is 52.2 Å². The van der Waals surface area contributed by atoms with Crippen molar-refractivity contribution in [2.24, 2.45) is 0 Å². The predicted molar refractivity (Wildman–Crippen MR) is 121 cm³/mol. The highest BCUT2D eigenvalue weighted by atomic mass is 35.5. The summed E-state index contributed by atoms with van der Waals surface area (Å²) in [4.78, 5) is 18.1. The van der Waals surface area contributed by atoms with Crippen LogP contribution in [0.15, 0.2) is 48.4 Å². The van der Waals surface area contributed by atoms with Crippen molar-refractivity contribution < 1.29 is 4.79 Å². The molecular formula is C21H22Cl2N2OS2. The van der Waals surface area contributed by atoms with Crippen molar-refractivity contribution in [3.63, 3.8) is 0 Å². The first kappa shape index (κ1) is 21.4. The SMILES string of the molecule is CCCCCc1ccsc1C(=O)SC(Cn1ccnc1)c1ccc(Cl)cc1Cl. The van der Waals surface area contributed by atoms with E-state index >= 15 is 0 Å². The highest BCUT2D eigenvalue weighted by Crippen LogP contribution is 2.39. The molecule has 2 aromatic heterocycles. The number of thioether (sulfide) groups is 1. The van der Waals surface area contributed by atoms with E-state index in [1.807, 2.05) is 28.3 Å². The lowest BCUT2D eigenvalue weighted by Crippen LogP contribution is -2.09. The number of aromatic nitrogens is 2. The molecule has 0 spiro atoms. The molecule has 0 aliphatic carbocycles. The Balaban J connectivity index is 1.81. The summed E-state index contributed by atoms with van der Waals surface area (Å²) in [6.45, 7) is 2.79. The molecule has 0 radical (unpaired) electrons. The third-order valence-corrected chi connectivity index (χ3v) is 7.23. The van der Waals surface area contributed by atoms with Gasteiger partial charge in [-0.05, 0) is 47.5 Å². The van der Waals surface area contributed by atoms with Gasteiger partial charge in [-0.1, -0.05) is 60.8 Å².